The molecule has 2 amide bonds. The predicted molar refractivity (Wildman–Crippen MR) is 107 cm³/mol. The van der Waals surface area contributed by atoms with Crippen molar-refractivity contribution in [1.29, 1.82) is 0 Å². The van der Waals surface area contributed by atoms with Crippen molar-refractivity contribution < 1.29 is 14.5 Å². The Labute approximate surface area is 164 Å². The molecule has 1 saturated heterocycles. The summed E-state index contributed by atoms with van der Waals surface area (Å²) in [6, 6.07) is 13.2. The van der Waals surface area contributed by atoms with E-state index < -0.39 is 0 Å². The zero-order valence-electron chi connectivity index (χ0n) is 15.7. The van der Waals surface area contributed by atoms with Crippen molar-refractivity contribution >= 4 is 29.1 Å². The molecule has 0 unspecified atom stereocenters. The third kappa shape index (κ3) is 4.87. The Kier molecular flexibility index (Phi) is 6.14. The Morgan fingerprint density at radius 1 is 1.11 bits per heavy atom. The topological polar surface area (TPSA) is 53.9 Å². The number of para-hydroxylation sites is 1. The van der Waals surface area contributed by atoms with Crippen LogP contribution in [0.4, 0.5) is 5.69 Å². The van der Waals surface area contributed by atoms with Gasteiger partial charge in [-0.2, -0.15) is 0 Å². The Morgan fingerprint density at radius 2 is 1.81 bits per heavy atom. The molecule has 27 heavy (non-hydrogen) atoms. The SMILES string of the molecule is Cc1ccc(C)c(C(=O)N2CC[NH+](CC(=O)Nc3ccccc3Cl)CC2)c1. The van der Waals surface area contributed by atoms with Gasteiger partial charge in [-0.1, -0.05) is 41.4 Å². The average Bonchev–Trinajstić information content (AvgIpc) is 2.65. The monoisotopic (exact) mass is 386 g/mol. The third-order valence-corrected chi connectivity index (χ3v) is 5.27. The summed E-state index contributed by atoms with van der Waals surface area (Å²) in [5, 5.41) is 3.39. The van der Waals surface area contributed by atoms with E-state index in [-0.39, 0.29) is 11.8 Å². The lowest BCUT2D eigenvalue weighted by Gasteiger charge is -2.32. The van der Waals surface area contributed by atoms with Gasteiger partial charge in [0.1, 0.15) is 0 Å². The average molecular weight is 387 g/mol. The number of anilines is 1. The minimum atomic E-state index is -0.0626. The number of nitrogens with one attached hydrogen (secondary N) is 2. The van der Waals surface area contributed by atoms with Gasteiger partial charge in [-0.05, 0) is 37.6 Å². The maximum Gasteiger partial charge on any atom is 0.279 e. The highest BCUT2D eigenvalue weighted by molar-refractivity contribution is 6.33. The molecule has 3 rings (SSSR count). The first-order valence-electron chi connectivity index (χ1n) is 9.18. The van der Waals surface area contributed by atoms with E-state index >= 15 is 0 Å². The molecule has 1 aliphatic heterocycles. The largest absolute Gasteiger partial charge is 0.327 e. The normalized spacial score (nSPS) is 14.9. The molecule has 2 N–H and O–H groups in total. The van der Waals surface area contributed by atoms with Crippen LogP contribution in [0.3, 0.4) is 0 Å². The van der Waals surface area contributed by atoms with Crippen LogP contribution < -0.4 is 10.2 Å². The zero-order chi connectivity index (χ0) is 19.4. The molecule has 0 bridgehead atoms. The summed E-state index contributed by atoms with van der Waals surface area (Å²) in [4.78, 5) is 28.1. The number of nitrogens with zero attached hydrogens (tertiary/aromatic N) is 1. The number of hydrogen-bond donors (Lipinski definition) is 2. The van der Waals surface area contributed by atoms with Crippen molar-refractivity contribution in [3.8, 4) is 0 Å². The Hall–Kier alpha value is -2.37. The predicted octanol–water partition coefficient (Wildman–Crippen LogP) is 1.94. The van der Waals surface area contributed by atoms with Gasteiger partial charge in [-0.15, -0.1) is 0 Å². The van der Waals surface area contributed by atoms with Crippen LogP contribution in [0.5, 0.6) is 0 Å². The molecule has 0 atom stereocenters. The number of benzene rings is 2. The van der Waals surface area contributed by atoms with E-state index in [9.17, 15) is 9.59 Å². The molecule has 5 nitrogen and oxygen atoms in total. The first kappa shape index (κ1) is 19.4. The van der Waals surface area contributed by atoms with Gasteiger partial charge in [0, 0.05) is 5.56 Å². The van der Waals surface area contributed by atoms with Crippen molar-refractivity contribution in [2.24, 2.45) is 0 Å². The lowest BCUT2D eigenvalue weighted by atomic mass is 10.0. The number of carbonyl (C=O) groups is 2. The molecule has 0 saturated carbocycles. The number of halogens is 1. The van der Waals surface area contributed by atoms with Crippen LogP contribution in [0.25, 0.3) is 0 Å². The summed E-state index contributed by atoms with van der Waals surface area (Å²) < 4.78 is 0. The van der Waals surface area contributed by atoms with Crippen LogP contribution in [0.1, 0.15) is 21.5 Å². The van der Waals surface area contributed by atoms with Gasteiger partial charge in [0.05, 0.1) is 36.9 Å². The molecule has 0 aliphatic carbocycles. The Morgan fingerprint density at radius 3 is 2.52 bits per heavy atom. The Balaban J connectivity index is 1.53. The van der Waals surface area contributed by atoms with Gasteiger partial charge in [-0.3, -0.25) is 9.59 Å². The minimum Gasteiger partial charge on any atom is -0.327 e. The van der Waals surface area contributed by atoms with Gasteiger partial charge in [-0.25, -0.2) is 0 Å². The van der Waals surface area contributed by atoms with Crippen LogP contribution in [0, 0.1) is 13.8 Å². The second-order valence-corrected chi connectivity index (χ2v) is 7.47. The number of quaternary nitrogens is 1. The molecule has 0 spiro atoms. The second kappa shape index (κ2) is 8.55. The molecule has 1 fully saturated rings. The van der Waals surface area contributed by atoms with E-state index in [1.165, 1.54) is 4.90 Å². The van der Waals surface area contributed by atoms with Crippen LogP contribution >= 0.6 is 11.6 Å². The number of piperazine rings is 1. The van der Waals surface area contributed by atoms with Crippen LogP contribution in [-0.4, -0.2) is 49.4 Å². The summed E-state index contributed by atoms with van der Waals surface area (Å²) in [5.74, 6) is 0.0168. The number of carbonyl (C=O) groups excluding carboxylic acids is 2. The summed E-state index contributed by atoms with van der Waals surface area (Å²) in [6.45, 7) is 7.15. The van der Waals surface area contributed by atoms with E-state index in [2.05, 4.69) is 5.32 Å². The highest BCUT2D eigenvalue weighted by atomic mass is 35.5. The smallest absolute Gasteiger partial charge is 0.279 e. The van der Waals surface area contributed by atoms with E-state index in [4.69, 9.17) is 11.6 Å². The first-order chi connectivity index (χ1) is 12.9. The van der Waals surface area contributed by atoms with E-state index in [0.717, 1.165) is 29.8 Å². The minimum absolute atomic E-state index is 0.0626. The first-order valence-corrected chi connectivity index (χ1v) is 9.56. The summed E-state index contributed by atoms with van der Waals surface area (Å²) in [6.07, 6.45) is 0. The lowest BCUT2D eigenvalue weighted by Crippen LogP contribution is -3.15. The Bertz CT molecular complexity index is 845. The zero-order valence-corrected chi connectivity index (χ0v) is 16.5. The molecule has 0 aromatic heterocycles. The van der Waals surface area contributed by atoms with Gasteiger partial charge >= 0.3 is 0 Å². The van der Waals surface area contributed by atoms with Gasteiger partial charge in [0.2, 0.25) is 0 Å². The fraction of sp³-hybridized carbons (Fsp3) is 0.333. The molecular formula is C21H25ClN3O2+. The maximum atomic E-state index is 12.8. The van der Waals surface area contributed by atoms with Gasteiger partial charge in [0.25, 0.3) is 11.8 Å². The summed E-state index contributed by atoms with van der Waals surface area (Å²) in [7, 11) is 0. The number of aryl methyl sites for hydroxylation is 2. The fourth-order valence-electron chi connectivity index (χ4n) is 3.32. The second-order valence-electron chi connectivity index (χ2n) is 7.07. The van der Waals surface area contributed by atoms with Crippen molar-refractivity contribution in [3.05, 3.63) is 64.2 Å². The van der Waals surface area contributed by atoms with Crippen LogP contribution in [0.15, 0.2) is 42.5 Å². The van der Waals surface area contributed by atoms with Crippen LogP contribution in [0.2, 0.25) is 5.02 Å². The molecule has 142 valence electrons. The number of hydrogen-bond acceptors (Lipinski definition) is 2. The van der Waals surface area contributed by atoms with E-state index in [0.29, 0.717) is 30.3 Å². The number of amides is 2. The summed E-state index contributed by atoms with van der Waals surface area (Å²) in [5.41, 5.74) is 3.49. The number of rotatable bonds is 4. The highest BCUT2D eigenvalue weighted by Gasteiger charge is 2.26. The molecule has 6 heteroatoms. The molecular weight excluding hydrogens is 362 g/mol. The molecule has 1 heterocycles. The van der Waals surface area contributed by atoms with Gasteiger partial charge in [0.15, 0.2) is 6.54 Å². The van der Waals surface area contributed by atoms with Crippen LogP contribution in [-0.2, 0) is 4.79 Å². The highest BCUT2D eigenvalue weighted by Crippen LogP contribution is 2.20. The quantitative estimate of drug-likeness (QED) is 0.843. The lowest BCUT2D eigenvalue weighted by molar-refractivity contribution is -0.895. The van der Waals surface area contributed by atoms with E-state index in [1.807, 2.05) is 49.1 Å². The molecule has 1 aliphatic rings. The van der Waals surface area contributed by atoms with Crippen molar-refractivity contribution in [3.63, 3.8) is 0 Å². The van der Waals surface area contributed by atoms with Crippen molar-refractivity contribution in [2.75, 3.05) is 38.0 Å². The van der Waals surface area contributed by atoms with Crippen molar-refractivity contribution in [2.45, 2.75) is 13.8 Å². The fourth-order valence-corrected chi connectivity index (χ4v) is 3.51. The standard InChI is InChI=1S/C21H24ClN3O2/c1-15-7-8-16(2)17(13-15)21(27)25-11-9-24(10-12-25)14-20(26)23-19-6-4-3-5-18(19)22/h3-8,13H,9-12,14H2,1-2H3,(H,23,26)/p+1. The maximum absolute atomic E-state index is 12.8. The van der Waals surface area contributed by atoms with E-state index in [1.54, 1.807) is 12.1 Å². The van der Waals surface area contributed by atoms with Crippen molar-refractivity contribution in [1.82, 2.24) is 4.90 Å². The molecule has 2 aromatic rings. The summed E-state index contributed by atoms with van der Waals surface area (Å²) >= 11 is 6.08. The molecule has 2 aromatic carbocycles. The molecule has 0 radical (unpaired) electrons. The third-order valence-electron chi connectivity index (χ3n) is 4.94. The van der Waals surface area contributed by atoms with Gasteiger partial charge < -0.3 is 15.1 Å².